The average Bonchev–Trinajstić information content (AvgIpc) is 3.63. The Balaban J connectivity index is 1.42. The van der Waals surface area contributed by atoms with Crippen LogP contribution in [-0.4, -0.2) is 27.9 Å². The Labute approximate surface area is 194 Å². The smallest absolute Gasteiger partial charge is 0.322 e. The van der Waals surface area contributed by atoms with Crippen molar-refractivity contribution < 1.29 is 23.2 Å². The first kappa shape index (κ1) is 20.1. The van der Waals surface area contributed by atoms with Gasteiger partial charge in [0, 0.05) is 11.3 Å². The van der Waals surface area contributed by atoms with E-state index in [4.69, 9.17) is 18.4 Å². The highest BCUT2D eigenvalue weighted by Gasteiger charge is 2.36. The summed E-state index contributed by atoms with van der Waals surface area (Å²) in [6.45, 7) is 2.34. The van der Waals surface area contributed by atoms with Crippen LogP contribution in [0.3, 0.4) is 0 Å². The molecule has 4 aromatic rings. The van der Waals surface area contributed by atoms with Crippen LogP contribution in [0.5, 0.6) is 11.5 Å². The van der Waals surface area contributed by atoms with Crippen LogP contribution in [0.4, 0.5) is 4.79 Å². The molecule has 0 spiro atoms. The molecule has 2 aromatic carbocycles. The molecule has 9 nitrogen and oxygen atoms in total. The number of carbonyl (C=O) groups is 1. The SMILES string of the molecule is CC1=C(c2nc(-c3ccc4c(c3)OCO4)no2)C(c2ccccc2)NC(=O)N1Cc1ccco1. The molecule has 170 valence electrons. The van der Waals surface area contributed by atoms with E-state index in [0.29, 0.717) is 34.7 Å². The third kappa shape index (κ3) is 3.47. The quantitative estimate of drug-likeness (QED) is 0.462. The Morgan fingerprint density at radius 1 is 1.06 bits per heavy atom. The molecule has 0 saturated carbocycles. The highest BCUT2D eigenvalue weighted by Crippen LogP contribution is 2.39. The van der Waals surface area contributed by atoms with E-state index in [1.54, 1.807) is 17.2 Å². The Hall–Kier alpha value is -4.53. The first-order chi connectivity index (χ1) is 16.7. The molecule has 1 unspecified atom stereocenters. The second-order valence-corrected chi connectivity index (χ2v) is 7.95. The number of rotatable bonds is 5. The summed E-state index contributed by atoms with van der Waals surface area (Å²) < 4.78 is 22.0. The number of aromatic nitrogens is 2. The monoisotopic (exact) mass is 456 g/mol. The van der Waals surface area contributed by atoms with E-state index in [0.717, 1.165) is 16.7 Å². The lowest BCUT2D eigenvalue weighted by Gasteiger charge is -2.34. The third-order valence-electron chi connectivity index (χ3n) is 5.91. The van der Waals surface area contributed by atoms with Crippen LogP contribution in [0.25, 0.3) is 17.0 Å². The van der Waals surface area contributed by atoms with Gasteiger partial charge in [-0.05, 0) is 42.8 Å². The van der Waals surface area contributed by atoms with Crippen LogP contribution in [0.2, 0.25) is 0 Å². The molecule has 9 heteroatoms. The number of fused-ring (bicyclic) bond motifs is 1. The van der Waals surface area contributed by atoms with Crippen molar-refractivity contribution in [1.82, 2.24) is 20.4 Å². The van der Waals surface area contributed by atoms with Crippen LogP contribution in [-0.2, 0) is 6.54 Å². The molecule has 0 aliphatic carbocycles. The summed E-state index contributed by atoms with van der Waals surface area (Å²) in [7, 11) is 0. The Morgan fingerprint density at radius 3 is 2.74 bits per heavy atom. The number of allylic oxidation sites excluding steroid dienone is 1. The van der Waals surface area contributed by atoms with Gasteiger partial charge < -0.3 is 23.7 Å². The van der Waals surface area contributed by atoms with Gasteiger partial charge >= 0.3 is 6.03 Å². The molecular weight excluding hydrogens is 436 g/mol. The summed E-state index contributed by atoms with van der Waals surface area (Å²) >= 11 is 0. The summed E-state index contributed by atoms with van der Waals surface area (Å²) in [6, 6.07) is 18.1. The van der Waals surface area contributed by atoms with E-state index in [2.05, 4.69) is 15.5 Å². The van der Waals surface area contributed by atoms with Crippen molar-refractivity contribution >= 4 is 11.6 Å². The molecule has 1 atom stereocenters. The van der Waals surface area contributed by atoms with Gasteiger partial charge in [0.2, 0.25) is 12.6 Å². The molecule has 2 aliphatic heterocycles. The van der Waals surface area contributed by atoms with Crippen molar-refractivity contribution in [1.29, 1.82) is 0 Å². The second-order valence-electron chi connectivity index (χ2n) is 7.95. The van der Waals surface area contributed by atoms with Crippen molar-refractivity contribution in [3.63, 3.8) is 0 Å². The number of benzene rings is 2. The number of nitrogens with one attached hydrogen (secondary N) is 1. The van der Waals surface area contributed by atoms with Crippen LogP contribution in [0.1, 0.15) is 30.2 Å². The second kappa shape index (κ2) is 8.11. The fourth-order valence-corrected chi connectivity index (χ4v) is 4.19. The Kier molecular flexibility index (Phi) is 4.80. The van der Waals surface area contributed by atoms with Gasteiger partial charge in [0.1, 0.15) is 5.76 Å². The maximum absolute atomic E-state index is 13.1. The molecule has 2 amide bonds. The molecule has 0 radical (unpaired) electrons. The number of hydrogen-bond acceptors (Lipinski definition) is 7. The molecule has 6 rings (SSSR count). The summed E-state index contributed by atoms with van der Waals surface area (Å²) in [5, 5.41) is 7.28. The number of nitrogens with zero attached hydrogens (tertiary/aromatic N) is 3. The summed E-state index contributed by atoms with van der Waals surface area (Å²) in [6.07, 6.45) is 1.58. The normalized spacial score (nSPS) is 17.3. The highest BCUT2D eigenvalue weighted by atomic mass is 16.7. The van der Waals surface area contributed by atoms with Gasteiger partial charge in [0.05, 0.1) is 24.4 Å². The maximum Gasteiger partial charge on any atom is 0.322 e. The molecule has 0 bridgehead atoms. The predicted octanol–water partition coefficient (Wildman–Crippen LogP) is 4.76. The lowest BCUT2D eigenvalue weighted by Crippen LogP contribution is -2.45. The van der Waals surface area contributed by atoms with Gasteiger partial charge in [-0.1, -0.05) is 35.5 Å². The zero-order valence-corrected chi connectivity index (χ0v) is 18.2. The van der Waals surface area contributed by atoms with E-state index < -0.39 is 6.04 Å². The molecule has 1 N–H and O–H groups in total. The van der Waals surface area contributed by atoms with E-state index in [9.17, 15) is 4.79 Å². The van der Waals surface area contributed by atoms with Crippen LogP contribution >= 0.6 is 0 Å². The van der Waals surface area contributed by atoms with Crippen molar-refractivity contribution in [2.75, 3.05) is 6.79 Å². The fraction of sp³-hybridized carbons (Fsp3) is 0.160. The zero-order valence-electron chi connectivity index (χ0n) is 18.2. The summed E-state index contributed by atoms with van der Waals surface area (Å²) in [4.78, 5) is 19.4. The molecule has 34 heavy (non-hydrogen) atoms. The predicted molar refractivity (Wildman–Crippen MR) is 120 cm³/mol. The highest BCUT2D eigenvalue weighted by molar-refractivity contribution is 5.86. The fourth-order valence-electron chi connectivity index (χ4n) is 4.19. The average molecular weight is 456 g/mol. The number of ether oxygens (including phenoxy) is 2. The minimum Gasteiger partial charge on any atom is -0.467 e. The van der Waals surface area contributed by atoms with Gasteiger partial charge in [-0.2, -0.15) is 4.98 Å². The van der Waals surface area contributed by atoms with Gasteiger partial charge in [-0.3, -0.25) is 4.90 Å². The van der Waals surface area contributed by atoms with Gasteiger partial charge in [-0.15, -0.1) is 0 Å². The van der Waals surface area contributed by atoms with E-state index in [-0.39, 0.29) is 19.4 Å². The standard InChI is InChI=1S/C25H20N4O5/c1-15-21(24-27-23(28-34-24)17-9-10-19-20(12-17)33-14-32-19)22(16-6-3-2-4-7-16)26-25(30)29(15)13-18-8-5-11-31-18/h2-12,22H,13-14H2,1H3,(H,26,30). The summed E-state index contributed by atoms with van der Waals surface area (Å²) in [5.41, 5.74) is 3.07. The number of amides is 2. The van der Waals surface area contributed by atoms with Gasteiger partial charge in [0.25, 0.3) is 5.89 Å². The molecule has 0 fully saturated rings. The number of furan rings is 1. The van der Waals surface area contributed by atoms with E-state index >= 15 is 0 Å². The molecular formula is C25H20N4O5. The first-order valence-electron chi connectivity index (χ1n) is 10.8. The summed E-state index contributed by atoms with van der Waals surface area (Å²) in [5.74, 6) is 2.71. The van der Waals surface area contributed by atoms with Crippen molar-refractivity contribution in [3.05, 3.63) is 89.8 Å². The Bertz CT molecular complexity index is 1380. The van der Waals surface area contributed by atoms with E-state index in [1.807, 2.05) is 61.5 Å². The van der Waals surface area contributed by atoms with Crippen molar-refractivity contribution in [2.24, 2.45) is 0 Å². The third-order valence-corrected chi connectivity index (χ3v) is 5.91. The largest absolute Gasteiger partial charge is 0.467 e. The number of carbonyl (C=O) groups excluding carboxylic acids is 1. The lowest BCUT2D eigenvalue weighted by atomic mass is 9.94. The number of urea groups is 1. The Morgan fingerprint density at radius 2 is 1.91 bits per heavy atom. The van der Waals surface area contributed by atoms with Crippen molar-refractivity contribution in [3.8, 4) is 22.9 Å². The van der Waals surface area contributed by atoms with E-state index in [1.165, 1.54) is 0 Å². The minimum absolute atomic E-state index is 0.187. The van der Waals surface area contributed by atoms with Gasteiger partial charge in [-0.25, -0.2) is 4.79 Å². The topological polar surface area (TPSA) is 103 Å². The van der Waals surface area contributed by atoms with Crippen LogP contribution in [0.15, 0.2) is 81.6 Å². The lowest BCUT2D eigenvalue weighted by molar-refractivity contribution is 0.174. The molecule has 2 aliphatic rings. The maximum atomic E-state index is 13.1. The van der Waals surface area contributed by atoms with Crippen LogP contribution < -0.4 is 14.8 Å². The van der Waals surface area contributed by atoms with Crippen molar-refractivity contribution in [2.45, 2.75) is 19.5 Å². The molecule has 0 saturated heterocycles. The number of hydrogen-bond donors (Lipinski definition) is 1. The first-order valence-corrected chi connectivity index (χ1v) is 10.8. The zero-order chi connectivity index (χ0) is 23.1. The van der Waals surface area contributed by atoms with Crippen LogP contribution in [0, 0.1) is 0 Å². The molecule has 2 aromatic heterocycles. The minimum atomic E-state index is -0.452. The molecule has 4 heterocycles. The van der Waals surface area contributed by atoms with Gasteiger partial charge in [0.15, 0.2) is 11.5 Å².